The molecule has 64 heavy (non-hydrogen) atoms. The molecule has 1 aliphatic rings. The molecule has 0 bridgehead atoms. The Hall–Kier alpha value is -7.51. The van der Waals surface area contributed by atoms with Crippen molar-refractivity contribution in [3.8, 4) is 5.69 Å². The smallest absolute Gasteiger partial charge is 0.147 e. The van der Waals surface area contributed by atoms with Crippen LogP contribution in [0, 0.1) is 0 Å². The molecular weight excluding hydrogens is 819 g/mol. The third kappa shape index (κ3) is 5.36. The van der Waals surface area contributed by atoms with Gasteiger partial charge in [-0.15, -0.1) is 22.7 Å². The Morgan fingerprint density at radius 1 is 0.516 bits per heavy atom. The molecule has 13 aromatic rings. The van der Waals surface area contributed by atoms with Gasteiger partial charge in [0.15, 0.2) is 0 Å². The van der Waals surface area contributed by atoms with Gasteiger partial charge in [-0.25, -0.2) is 0 Å². The predicted octanol–water partition coefficient (Wildman–Crippen LogP) is 16.5. The Bertz CT molecular complexity index is 4140. The highest BCUT2D eigenvalue weighted by Crippen LogP contribution is 2.45. The van der Waals surface area contributed by atoms with Gasteiger partial charge in [-0.05, 0) is 72.1 Å². The van der Waals surface area contributed by atoms with Gasteiger partial charge in [0, 0.05) is 84.6 Å². The van der Waals surface area contributed by atoms with E-state index in [2.05, 4.69) is 198 Å². The van der Waals surface area contributed by atoms with E-state index in [1.807, 2.05) is 22.7 Å². The zero-order valence-corrected chi connectivity index (χ0v) is 36.1. The Morgan fingerprint density at radius 2 is 1.14 bits per heavy atom. The Morgan fingerprint density at radius 3 is 1.92 bits per heavy atom. The molecule has 4 aromatic heterocycles. The molecule has 0 amide bonds. The number of nitrogens with one attached hydrogen (secondary N) is 1. The minimum atomic E-state index is -0.472. The lowest BCUT2D eigenvalue weighted by molar-refractivity contribution is 0.654. The molecule has 0 aliphatic carbocycles. The molecule has 0 fully saturated rings. The van der Waals surface area contributed by atoms with E-state index in [0.717, 1.165) is 68.5 Å². The highest BCUT2D eigenvalue weighted by Gasteiger charge is 2.28. The summed E-state index contributed by atoms with van der Waals surface area (Å²) in [4.78, 5) is 5.98. The summed E-state index contributed by atoms with van der Waals surface area (Å²) >= 11 is 3.74. The van der Waals surface area contributed by atoms with Gasteiger partial charge >= 0.3 is 0 Å². The molecule has 14 rings (SSSR count). The van der Waals surface area contributed by atoms with Gasteiger partial charge in [-0.1, -0.05) is 140 Å². The summed E-state index contributed by atoms with van der Waals surface area (Å²) in [6.45, 7) is 0. The van der Waals surface area contributed by atoms with Crippen molar-refractivity contribution in [1.82, 2.24) is 9.88 Å². The summed E-state index contributed by atoms with van der Waals surface area (Å²) in [5, 5.41) is 16.3. The van der Waals surface area contributed by atoms with Crippen LogP contribution in [0.2, 0.25) is 0 Å². The van der Waals surface area contributed by atoms with Gasteiger partial charge in [-0.3, -0.25) is 4.99 Å². The Kier molecular flexibility index (Phi) is 7.88. The number of benzene rings is 9. The largest absolute Gasteiger partial charge is 0.456 e. The van der Waals surface area contributed by atoms with Crippen LogP contribution in [0.5, 0.6) is 0 Å². The molecule has 6 heteroatoms. The molecule has 1 unspecified atom stereocenters. The quantitative estimate of drug-likeness (QED) is 0.192. The molecule has 0 radical (unpaired) electrons. The van der Waals surface area contributed by atoms with Crippen molar-refractivity contribution in [3.63, 3.8) is 0 Å². The first kappa shape index (κ1) is 36.0. The number of para-hydroxylation sites is 2. The van der Waals surface area contributed by atoms with Crippen molar-refractivity contribution >= 4 is 129 Å². The monoisotopic (exact) mass is 855 g/mol. The van der Waals surface area contributed by atoms with Crippen LogP contribution in [0.1, 0.15) is 35.7 Å². The van der Waals surface area contributed by atoms with Gasteiger partial charge in [0.25, 0.3) is 0 Å². The van der Waals surface area contributed by atoms with E-state index in [0.29, 0.717) is 0 Å². The molecule has 5 heterocycles. The van der Waals surface area contributed by atoms with Crippen LogP contribution in [0.4, 0.5) is 0 Å². The molecule has 0 spiro atoms. The van der Waals surface area contributed by atoms with E-state index < -0.39 is 6.17 Å². The molecule has 0 saturated heterocycles. The summed E-state index contributed by atoms with van der Waals surface area (Å²) in [6, 6.07) is 66.2. The number of allylic oxidation sites excluding steroid dienone is 1. The molecule has 1 aliphatic heterocycles. The first-order valence-electron chi connectivity index (χ1n) is 21.9. The third-order valence-electron chi connectivity index (χ3n) is 13.3. The van der Waals surface area contributed by atoms with Gasteiger partial charge in [0.2, 0.25) is 0 Å². The van der Waals surface area contributed by atoms with Crippen LogP contribution in [0.25, 0.3) is 106 Å². The predicted molar refractivity (Wildman–Crippen MR) is 274 cm³/mol. The number of hydrogen-bond acceptors (Lipinski definition) is 5. The van der Waals surface area contributed by atoms with E-state index in [-0.39, 0.29) is 0 Å². The maximum Gasteiger partial charge on any atom is 0.147 e. The van der Waals surface area contributed by atoms with Crippen LogP contribution in [0.15, 0.2) is 197 Å². The van der Waals surface area contributed by atoms with Crippen LogP contribution in [0.3, 0.4) is 0 Å². The van der Waals surface area contributed by atoms with Crippen LogP contribution < -0.4 is 5.32 Å². The summed E-state index contributed by atoms with van der Waals surface area (Å²) in [5.74, 6) is 0. The minimum absolute atomic E-state index is 0.472. The summed E-state index contributed by atoms with van der Waals surface area (Å²) in [5.41, 5.74) is 10.8. The first-order valence-corrected chi connectivity index (χ1v) is 23.6. The molecule has 302 valence electrons. The summed E-state index contributed by atoms with van der Waals surface area (Å²) in [6.07, 6.45) is 3.59. The number of rotatable bonds is 4. The lowest BCUT2D eigenvalue weighted by atomic mass is 9.98. The van der Waals surface area contributed by atoms with Gasteiger partial charge in [-0.2, -0.15) is 0 Å². The number of aliphatic imine (C=N–C) groups is 1. The highest BCUT2D eigenvalue weighted by atomic mass is 32.1. The molecule has 4 nitrogen and oxygen atoms in total. The normalized spacial score (nSPS) is 16.5. The number of nitrogens with zero attached hydrogens (tertiary/aromatic N) is 2. The summed E-state index contributed by atoms with van der Waals surface area (Å²) < 4.78 is 14.4. The van der Waals surface area contributed by atoms with Gasteiger partial charge < -0.3 is 14.3 Å². The van der Waals surface area contributed by atoms with Crippen LogP contribution >= 0.6 is 22.7 Å². The van der Waals surface area contributed by atoms with Gasteiger partial charge in [0.05, 0.1) is 22.1 Å². The average molecular weight is 856 g/mol. The SMILES string of the molecule is C1=C(/c2cccc3c2sc2ccccc23)NC(c2ccc3oc4ccccc4c3c2-n2c3ccccc3c3cc4ccccc4cc32)/N=C(/c2cccc3c2sc2ccccc23)CC/1. The second kappa shape index (κ2) is 14.0. The third-order valence-corrected chi connectivity index (χ3v) is 15.8. The van der Waals surface area contributed by atoms with E-state index in [9.17, 15) is 0 Å². The second-order valence-electron chi connectivity index (χ2n) is 16.9. The molecular formula is C58H37N3OS2. The number of fused-ring (bicyclic) bond motifs is 13. The van der Waals surface area contributed by atoms with Crippen molar-refractivity contribution in [2.45, 2.75) is 19.0 Å². The van der Waals surface area contributed by atoms with E-state index in [4.69, 9.17) is 9.41 Å². The molecule has 0 saturated carbocycles. The second-order valence-corrected chi connectivity index (χ2v) is 19.0. The number of thiophene rings is 2. The Balaban J connectivity index is 1.08. The van der Waals surface area contributed by atoms with Crippen LogP contribution in [-0.4, -0.2) is 10.3 Å². The van der Waals surface area contributed by atoms with Crippen molar-refractivity contribution in [3.05, 3.63) is 205 Å². The number of hydrogen-bond donors (Lipinski definition) is 1. The fourth-order valence-electron chi connectivity index (χ4n) is 10.5. The zero-order valence-electron chi connectivity index (χ0n) is 34.5. The topological polar surface area (TPSA) is 42.5 Å². The highest BCUT2D eigenvalue weighted by molar-refractivity contribution is 7.26. The molecule has 9 aromatic carbocycles. The standard InChI is InChI=1S/C58H37N3OS2/c1-2-15-35-33-49-45(32-34(35)14-1)36-16-3-7-26-48(36)61(49)55-44(30-31-51-54(55)43-19-4-8-27-50(43)62-51)58-59-46(41-22-11-20-39-37-17-5-9-28-52(37)63-56(39)41)24-13-25-47(60-58)42-23-12-21-40-38-18-6-10-29-53(38)64-57(40)42/h1-12,14-24,26-33,58-59H,13,25H2/b46-24-,60-47+. The Labute approximate surface area is 375 Å². The summed E-state index contributed by atoms with van der Waals surface area (Å²) in [7, 11) is 0. The molecule has 1 atom stereocenters. The van der Waals surface area contributed by atoms with Crippen molar-refractivity contribution < 1.29 is 4.42 Å². The van der Waals surface area contributed by atoms with E-state index in [1.165, 1.54) is 73.0 Å². The van der Waals surface area contributed by atoms with E-state index in [1.54, 1.807) is 0 Å². The van der Waals surface area contributed by atoms with Crippen molar-refractivity contribution in [2.24, 2.45) is 4.99 Å². The van der Waals surface area contributed by atoms with Crippen LogP contribution in [-0.2, 0) is 0 Å². The zero-order chi connectivity index (χ0) is 41.9. The van der Waals surface area contributed by atoms with Crippen molar-refractivity contribution in [1.29, 1.82) is 0 Å². The number of furan rings is 1. The van der Waals surface area contributed by atoms with Gasteiger partial charge in [0.1, 0.15) is 17.3 Å². The lowest BCUT2D eigenvalue weighted by Gasteiger charge is -2.26. The van der Waals surface area contributed by atoms with E-state index >= 15 is 0 Å². The molecule has 1 N–H and O–H groups in total. The average Bonchev–Trinajstić information content (AvgIpc) is 4.10. The first-order chi connectivity index (χ1) is 31.7. The number of aromatic nitrogens is 1. The fourth-order valence-corrected chi connectivity index (χ4v) is 12.9. The van der Waals surface area contributed by atoms with Crippen molar-refractivity contribution in [2.75, 3.05) is 0 Å². The lowest BCUT2D eigenvalue weighted by Crippen LogP contribution is -2.23. The maximum absolute atomic E-state index is 6.73. The fraction of sp³-hybridized carbons (Fsp3) is 0.0517. The maximum atomic E-state index is 6.73. The minimum Gasteiger partial charge on any atom is -0.456 e.